The smallest absolute Gasteiger partial charge is 0.269 e. The molecule has 3 rings (SSSR count). The van der Waals surface area contributed by atoms with Crippen LogP contribution in [0.5, 0.6) is 0 Å². The van der Waals surface area contributed by atoms with Crippen LogP contribution in [0.2, 0.25) is 10.0 Å². The molecule has 1 amide bonds. The third-order valence-corrected chi connectivity index (χ3v) is 5.49. The Kier molecular flexibility index (Phi) is 5.71. The van der Waals surface area contributed by atoms with Crippen molar-refractivity contribution in [1.29, 1.82) is 0 Å². The molecule has 11 heteroatoms. The average Bonchev–Trinajstić information content (AvgIpc) is 3.08. The number of imidazole rings is 1. The number of hydrazine groups is 1. The first-order chi connectivity index (χ1) is 13.2. The van der Waals surface area contributed by atoms with Gasteiger partial charge in [-0.2, -0.15) is 0 Å². The molecule has 0 radical (unpaired) electrons. The number of nitrogens with zero attached hydrogens (tertiary/aromatic N) is 2. The fraction of sp³-hybridized carbons (Fsp3) is 0.0588. The van der Waals surface area contributed by atoms with E-state index < -0.39 is 27.3 Å². The van der Waals surface area contributed by atoms with Crippen LogP contribution in [-0.2, 0) is 17.1 Å². The van der Waals surface area contributed by atoms with E-state index >= 15 is 0 Å². The van der Waals surface area contributed by atoms with Crippen molar-refractivity contribution in [3.05, 3.63) is 70.3 Å². The summed E-state index contributed by atoms with van der Waals surface area (Å²) in [6.45, 7) is 0. The van der Waals surface area contributed by atoms with E-state index in [4.69, 9.17) is 23.2 Å². The van der Waals surface area contributed by atoms with Crippen molar-refractivity contribution in [3.8, 4) is 11.3 Å². The number of carbonyl (C=O) groups excluding carboxylic acids is 1. The van der Waals surface area contributed by atoms with Gasteiger partial charge in [0.15, 0.2) is 5.82 Å². The van der Waals surface area contributed by atoms with Gasteiger partial charge < -0.3 is 4.57 Å². The van der Waals surface area contributed by atoms with E-state index in [1.165, 1.54) is 42.7 Å². The summed E-state index contributed by atoms with van der Waals surface area (Å²) < 4.78 is 40.4. The molecule has 0 aliphatic heterocycles. The molecule has 2 aromatic carbocycles. The number of sulfonamides is 1. The predicted octanol–water partition coefficient (Wildman–Crippen LogP) is 3.16. The Labute approximate surface area is 170 Å². The molecular formula is C17H13Cl2FN4O3S. The molecule has 1 heterocycles. The fourth-order valence-corrected chi connectivity index (χ4v) is 3.50. The number of amides is 1. The summed E-state index contributed by atoms with van der Waals surface area (Å²) >= 11 is 11.6. The topological polar surface area (TPSA) is 93.1 Å². The minimum absolute atomic E-state index is 0.127. The number of aryl methyl sites for hydroxylation is 1. The second-order valence-corrected chi connectivity index (χ2v) is 8.28. The Hall–Kier alpha value is -2.46. The van der Waals surface area contributed by atoms with Crippen molar-refractivity contribution < 1.29 is 17.6 Å². The van der Waals surface area contributed by atoms with E-state index in [-0.39, 0.29) is 9.92 Å². The Balaban J connectivity index is 1.84. The second kappa shape index (κ2) is 7.88. The van der Waals surface area contributed by atoms with Gasteiger partial charge in [-0.1, -0.05) is 23.2 Å². The molecule has 0 bridgehead atoms. The first-order valence-electron chi connectivity index (χ1n) is 7.72. The minimum Gasteiger partial charge on any atom is -0.340 e. The fourth-order valence-electron chi connectivity index (χ4n) is 2.32. The molecule has 0 aliphatic rings. The molecule has 0 saturated heterocycles. The summed E-state index contributed by atoms with van der Waals surface area (Å²) in [6, 6.07) is 7.84. The number of aromatic nitrogens is 2. The molecule has 0 aliphatic carbocycles. The van der Waals surface area contributed by atoms with Gasteiger partial charge in [0.1, 0.15) is 0 Å². The van der Waals surface area contributed by atoms with Crippen LogP contribution in [0.1, 0.15) is 10.4 Å². The lowest BCUT2D eigenvalue weighted by molar-refractivity contribution is 0.0941. The van der Waals surface area contributed by atoms with Crippen molar-refractivity contribution in [2.75, 3.05) is 0 Å². The van der Waals surface area contributed by atoms with Crippen LogP contribution >= 0.6 is 23.2 Å². The van der Waals surface area contributed by atoms with Crippen LogP contribution in [0.15, 0.2) is 53.8 Å². The van der Waals surface area contributed by atoms with E-state index in [0.717, 1.165) is 0 Å². The molecule has 3 aromatic rings. The highest BCUT2D eigenvalue weighted by atomic mass is 35.5. The highest BCUT2D eigenvalue weighted by molar-refractivity contribution is 7.89. The molecule has 0 atom stereocenters. The Morgan fingerprint density at radius 2 is 1.86 bits per heavy atom. The van der Waals surface area contributed by atoms with Crippen molar-refractivity contribution in [2.24, 2.45) is 7.05 Å². The van der Waals surface area contributed by atoms with Gasteiger partial charge in [0.25, 0.3) is 15.9 Å². The molecule has 0 spiro atoms. The summed E-state index contributed by atoms with van der Waals surface area (Å²) in [4.78, 5) is 18.2. The third kappa shape index (κ3) is 4.33. The lowest BCUT2D eigenvalue weighted by Gasteiger charge is -2.10. The largest absolute Gasteiger partial charge is 0.340 e. The number of carbonyl (C=O) groups is 1. The quantitative estimate of drug-likeness (QED) is 0.593. The zero-order chi connectivity index (χ0) is 20.5. The molecule has 0 fully saturated rings. The summed E-state index contributed by atoms with van der Waals surface area (Å²) in [6.07, 6.45) is 3.20. The Bertz CT molecular complexity index is 1150. The zero-order valence-electron chi connectivity index (χ0n) is 14.3. The maximum Gasteiger partial charge on any atom is 0.269 e. The van der Waals surface area contributed by atoms with E-state index in [1.807, 2.05) is 10.3 Å². The van der Waals surface area contributed by atoms with Gasteiger partial charge in [0.05, 0.1) is 27.5 Å². The van der Waals surface area contributed by atoms with Gasteiger partial charge in [-0.15, -0.1) is 4.83 Å². The lowest BCUT2D eigenvalue weighted by Crippen LogP contribution is -2.41. The number of benzene rings is 2. The first kappa shape index (κ1) is 20.3. The van der Waals surface area contributed by atoms with Crippen LogP contribution in [0.3, 0.4) is 0 Å². The van der Waals surface area contributed by atoms with Crippen molar-refractivity contribution in [1.82, 2.24) is 19.8 Å². The molecule has 1 aromatic heterocycles. The Morgan fingerprint density at radius 1 is 1.18 bits per heavy atom. The van der Waals surface area contributed by atoms with Crippen LogP contribution in [0.25, 0.3) is 11.3 Å². The monoisotopic (exact) mass is 442 g/mol. The summed E-state index contributed by atoms with van der Waals surface area (Å²) in [5.74, 6) is -2.00. The van der Waals surface area contributed by atoms with E-state index in [0.29, 0.717) is 16.3 Å². The Morgan fingerprint density at radius 3 is 2.46 bits per heavy atom. The van der Waals surface area contributed by atoms with E-state index in [1.54, 1.807) is 17.8 Å². The highest BCUT2D eigenvalue weighted by Gasteiger charge is 2.20. The number of nitrogens with one attached hydrogen (secondary N) is 2. The van der Waals surface area contributed by atoms with E-state index in [9.17, 15) is 17.6 Å². The van der Waals surface area contributed by atoms with Gasteiger partial charge in [0.2, 0.25) is 0 Å². The molecule has 7 nitrogen and oxygen atoms in total. The van der Waals surface area contributed by atoms with Gasteiger partial charge in [0, 0.05) is 23.8 Å². The SMILES string of the molecule is Cn1cnc(-c2cc(Cl)c(F)c(C(=O)NNS(=O)(=O)c3ccc(Cl)cc3)c2)c1. The summed E-state index contributed by atoms with van der Waals surface area (Å²) in [7, 11) is -2.32. The number of rotatable bonds is 5. The summed E-state index contributed by atoms with van der Waals surface area (Å²) in [5, 5.41) is 0.0555. The standard InChI is InChI=1S/C17H13Cl2FN4O3S/c1-24-8-15(21-9-24)10-6-13(16(20)14(19)7-10)17(25)22-23-28(26,27)12-4-2-11(18)3-5-12/h2-9,23H,1H3,(H,22,25). The van der Waals surface area contributed by atoms with Crippen molar-refractivity contribution in [3.63, 3.8) is 0 Å². The molecule has 28 heavy (non-hydrogen) atoms. The zero-order valence-corrected chi connectivity index (χ0v) is 16.6. The van der Waals surface area contributed by atoms with Crippen molar-refractivity contribution >= 4 is 39.1 Å². The molecule has 2 N–H and O–H groups in total. The molecule has 0 unspecified atom stereocenters. The average molecular weight is 443 g/mol. The van der Waals surface area contributed by atoms with Crippen LogP contribution < -0.4 is 10.3 Å². The number of hydrogen-bond acceptors (Lipinski definition) is 4. The van der Waals surface area contributed by atoms with Crippen LogP contribution in [-0.4, -0.2) is 23.9 Å². The molecular weight excluding hydrogens is 430 g/mol. The third-order valence-electron chi connectivity index (χ3n) is 3.70. The molecule has 0 saturated carbocycles. The summed E-state index contributed by atoms with van der Waals surface area (Å²) in [5.41, 5.74) is 2.41. The maximum absolute atomic E-state index is 14.3. The van der Waals surface area contributed by atoms with Crippen LogP contribution in [0.4, 0.5) is 4.39 Å². The highest BCUT2D eigenvalue weighted by Crippen LogP contribution is 2.27. The van der Waals surface area contributed by atoms with Crippen molar-refractivity contribution in [2.45, 2.75) is 4.90 Å². The van der Waals surface area contributed by atoms with Gasteiger partial charge in [-0.05, 0) is 36.4 Å². The minimum atomic E-state index is -4.07. The molecule has 146 valence electrons. The van der Waals surface area contributed by atoms with Gasteiger partial charge >= 0.3 is 0 Å². The lowest BCUT2D eigenvalue weighted by atomic mass is 10.1. The predicted molar refractivity (Wildman–Crippen MR) is 103 cm³/mol. The van der Waals surface area contributed by atoms with Gasteiger partial charge in [-0.3, -0.25) is 10.2 Å². The van der Waals surface area contributed by atoms with Gasteiger partial charge in [-0.25, -0.2) is 17.8 Å². The first-order valence-corrected chi connectivity index (χ1v) is 9.96. The van der Waals surface area contributed by atoms with E-state index in [2.05, 4.69) is 4.98 Å². The number of hydrogen-bond donors (Lipinski definition) is 2. The normalized spacial score (nSPS) is 11.4. The number of halogens is 3. The van der Waals surface area contributed by atoms with Crippen LogP contribution in [0, 0.1) is 5.82 Å². The second-order valence-electron chi connectivity index (χ2n) is 5.76. The maximum atomic E-state index is 14.3.